The first-order valence-electron chi connectivity index (χ1n) is 3.09. The molecular formula is C7H5Br2NO2. The zero-order valence-corrected chi connectivity index (χ0v) is 9.08. The number of alkyl halides is 2. The average Bonchev–Trinajstić information content (AvgIpc) is 2.05. The van der Waals surface area contributed by atoms with Crippen molar-refractivity contribution in [3.05, 3.63) is 30.1 Å². The predicted octanol–water partition coefficient (Wildman–Crippen LogP) is 2.31. The van der Waals surface area contributed by atoms with Crippen LogP contribution in [0.3, 0.4) is 0 Å². The van der Waals surface area contributed by atoms with Crippen LogP contribution in [0.1, 0.15) is 10.4 Å². The number of aromatic nitrogens is 1. The Morgan fingerprint density at radius 2 is 2.33 bits per heavy atom. The lowest BCUT2D eigenvalue weighted by Crippen LogP contribution is -2.07. The van der Waals surface area contributed by atoms with E-state index in [4.69, 9.17) is 4.74 Å². The Hall–Kier alpha value is -0.420. The van der Waals surface area contributed by atoms with E-state index in [1.54, 1.807) is 18.3 Å². The molecule has 0 bridgehead atoms. The van der Waals surface area contributed by atoms with Crippen LogP contribution >= 0.6 is 31.9 Å². The third-order valence-corrected chi connectivity index (χ3v) is 1.47. The van der Waals surface area contributed by atoms with Gasteiger partial charge in [0.05, 0.1) is 5.56 Å². The van der Waals surface area contributed by atoms with Crippen molar-refractivity contribution in [1.29, 1.82) is 0 Å². The van der Waals surface area contributed by atoms with Gasteiger partial charge in [0.1, 0.15) is 0 Å². The van der Waals surface area contributed by atoms with Crippen molar-refractivity contribution in [3.8, 4) is 0 Å². The van der Waals surface area contributed by atoms with Gasteiger partial charge >= 0.3 is 5.97 Å². The average molecular weight is 295 g/mol. The molecule has 3 nitrogen and oxygen atoms in total. The topological polar surface area (TPSA) is 39.2 Å². The Morgan fingerprint density at radius 1 is 1.58 bits per heavy atom. The zero-order chi connectivity index (χ0) is 8.97. The number of rotatable bonds is 2. The fourth-order valence-electron chi connectivity index (χ4n) is 0.632. The van der Waals surface area contributed by atoms with Gasteiger partial charge in [-0.15, -0.1) is 0 Å². The van der Waals surface area contributed by atoms with Crippen LogP contribution in [0.5, 0.6) is 0 Å². The first-order valence-corrected chi connectivity index (χ1v) is 4.92. The molecule has 1 heterocycles. The zero-order valence-electron chi connectivity index (χ0n) is 5.91. The summed E-state index contributed by atoms with van der Waals surface area (Å²) in [5, 5.41) is 0. The van der Waals surface area contributed by atoms with Gasteiger partial charge in [-0.1, -0.05) is 0 Å². The highest BCUT2D eigenvalue weighted by Gasteiger charge is 2.09. The number of hydrogen-bond donors (Lipinski definition) is 0. The van der Waals surface area contributed by atoms with Gasteiger partial charge in [-0.05, 0) is 44.0 Å². The molecule has 0 saturated carbocycles. The van der Waals surface area contributed by atoms with Gasteiger partial charge in [0.15, 0.2) is 0 Å². The molecule has 0 aliphatic rings. The number of hydrogen-bond acceptors (Lipinski definition) is 3. The summed E-state index contributed by atoms with van der Waals surface area (Å²) in [7, 11) is 0. The molecule has 64 valence electrons. The molecule has 12 heavy (non-hydrogen) atoms. The Kier molecular flexibility index (Phi) is 3.68. The van der Waals surface area contributed by atoms with Crippen LogP contribution < -0.4 is 0 Å². The van der Waals surface area contributed by atoms with Crippen LogP contribution in [0, 0.1) is 0 Å². The third kappa shape index (κ3) is 2.91. The normalized spacial score (nSPS) is 9.92. The van der Waals surface area contributed by atoms with Gasteiger partial charge in [0.25, 0.3) is 0 Å². The SMILES string of the molecule is O=C(OC(Br)Br)c1cccnc1. The fraction of sp³-hybridized carbons (Fsp3) is 0.143. The van der Waals surface area contributed by atoms with E-state index >= 15 is 0 Å². The molecule has 0 aliphatic carbocycles. The van der Waals surface area contributed by atoms with Gasteiger partial charge in [-0.25, -0.2) is 4.79 Å². The van der Waals surface area contributed by atoms with Gasteiger partial charge in [0, 0.05) is 12.4 Å². The van der Waals surface area contributed by atoms with Crippen LogP contribution in [0.2, 0.25) is 0 Å². The van der Waals surface area contributed by atoms with Crippen LogP contribution in [-0.2, 0) is 4.74 Å². The number of ether oxygens (including phenoxy) is 1. The summed E-state index contributed by atoms with van der Waals surface area (Å²) >= 11 is 6.05. The molecule has 1 aromatic heterocycles. The Bertz CT molecular complexity index is 263. The summed E-state index contributed by atoms with van der Waals surface area (Å²) in [5.41, 5.74) is 0.432. The maximum absolute atomic E-state index is 11.1. The summed E-state index contributed by atoms with van der Waals surface area (Å²) in [6.07, 6.45) is 3.04. The molecule has 0 saturated heterocycles. The van der Waals surface area contributed by atoms with Crippen LogP contribution in [0.4, 0.5) is 0 Å². The predicted molar refractivity (Wildman–Crippen MR) is 51.3 cm³/mol. The van der Waals surface area contributed by atoms with E-state index in [-0.39, 0.29) is 0 Å². The second-order valence-corrected chi connectivity index (χ2v) is 4.80. The van der Waals surface area contributed by atoms with E-state index in [1.165, 1.54) is 6.20 Å². The molecule has 0 unspecified atom stereocenters. The van der Waals surface area contributed by atoms with Gasteiger partial charge in [-0.2, -0.15) is 0 Å². The standard InChI is InChI=1S/C7H5Br2NO2/c8-7(9)12-6(11)5-2-1-3-10-4-5/h1-4,7H. The summed E-state index contributed by atoms with van der Waals surface area (Å²) in [6, 6.07) is 3.31. The number of carbonyl (C=O) groups excluding carboxylic acids is 1. The van der Waals surface area contributed by atoms with Gasteiger partial charge < -0.3 is 4.74 Å². The van der Waals surface area contributed by atoms with E-state index in [1.807, 2.05) is 0 Å². The van der Waals surface area contributed by atoms with Crippen LogP contribution in [0.15, 0.2) is 24.5 Å². The molecule has 0 N–H and O–H groups in total. The van der Waals surface area contributed by atoms with Crippen LogP contribution in [0.25, 0.3) is 0 Å². The van der Waals surface area contributed by atoms with Crippen molar-refractivity contribution in [1.82, 2.24) is 4.98 Å². The van der Waals surface area contributed by atoms with E-state index < -0.39 is 9.89 Å². The number of esters is 1. The third-order valence-electron chi connectivity index (χ3n) is 1.09. The van der Waals surface area contributed by atoms with E-state index in [9.17, 15) is 4.79 Å². The molecule has 5 heteroatoms. The number of halogens is 2. The largest absolute Gasteiger partial charge is 0.436 e. The Balaban J connectivity index is 2.66. The molecule has 0 fully saturated rings. The number of nitrogens with zero attached hydrogens (tertiary/aromatic N) is 1. The maximum atomic E-state index is 11.1. The minimum absolute atomic E-state index is 0.415. The Labute approximate surface area is 86.4 Å². The first-order chi connectivity index (χ1) is 5.70. The quantitative estimate of drug-likeness (QED) is 0.621. The molecule has 0 radical (unpaired) electrons. The lowest BCUT2D eigenvalue weighted by molar-refractivity contribution is 0.0560. The highest BCUT2D eigenvalue weighted by molar-refractivity contribution is 9.24. The van der Waals surface area contributed by atoms with Crippen molar-refractivity contribution in [2.75, 3.05) is 0 Å². The lowest BCUT2D eigenvalue weighted by atomic mass is 10.3. The molecule has 0 atom stereocenters. The molecule has 0 aliphatic heterocycles. The van der Waals surface area contributed by atoms with Crippen molar-refractivity contribution in [2.24, 2.45) is 0 Å². The second kappa shape index (κ2) is 4.57. The van der Waals surface area contributed by atoms with E-state index in [0.29, 0.717) is 5.56 Å². The van der Waals surface area contributed by atoms with Crippen molar-refractivity contribution >= 4 is 37.8 Å². The second-order valence-electron chi connectivity index (χ2n) is 1.91. The molecular weight excluding hydrogens is 290 g/mol. The molecule has 0 amide bonds. The molecule has 1 aromatic rings. The van der Waals surface area contributed by atoms with Gasteiger partial charge in [-0.3, -0.25) is 4.98 Å². The minimum Gasteiger partial charge on any atom is -0.436 e. The van der Waals surface area contributed by atoms with Crippen molar-refractivity contribution in [2.45, 2.75) is 3.92 Å². The number of carbonyl (C=O) groups is 1. The summed E-state index contributed by atoms with van der Waals surface area (Å²) in [6.45, 7) is 0. The van der Waals surface area contributed by atoms with E-state index in [2.05, 4.69) is 36.8 Å². The smallest absolute Gasteiger partial charge is 0.341 e. The van der Waals surface area contributed by atoms with Crippen molar-refractivity contribution in [3.63, 3.8) is 0 Å². The van der Waals surface area contributed by atoms with Crippen molar-refractivity contribution < 1.29 is 9.53 Å². The number of pyridine rings is 1. The highest BCUT2D eigenvalue weighted by atomic mass is 79.9. The van der Waals surface area contributed by atoms with Crippen LogP contribution in [-0.4, -0.2) is 14.9 Å². The molecule has 0 spiro atoms. The van der Waals surface area contributed by atoms with Gasteiger partial charge in [0.2, 0.25) is 3.92 Å². The monoisotopic (exact) mass is 293 g/mol. The minimum atomic E-state index is -0.460. The summed E-state index contributed by atoms with van der Waals surface area (Å²) in [4.78, 5) is 14.9. The maximum Gasteiger partial charge on any atom is 0.341 e. The first kappa shape index (κ1) is 9.67. The summed E-state index contributed by atoms with van der Waals surface area (Å²) < 4.78 is 4.33. The highest BCUT2D eigenvalue weighted by Crippen LogP contribution is 2.12. The summed E-state index contributed by atoms with van der Waals surface area (Å²) in [5.74, 6) is -0.415. The van der Waals surface area contributed by atoms with E-state index in [0.717, 1.165) is 0 Å². The molecule has 0 aromatic carbocycles. The Morgan fingerprint density at radius 3 is 2.83 bits per heavy atom. The molecule has 1 rings (SSSR count). The fourth-order valence-corrected chi connectivity index (χ4v) is 0.972. The lowest BCUT2D eigenvalue weighted by Gasteiger charge is -2.03.